The van der Waals surface area contributed by atoms with Crippen molar-refractivity contribution in [3.63, 3.8) is 0 Å². The van der Waals surface area contributed by atoms with Gasteiger partial charge in [0.15, 0.2) is 0 Å². The second-order valence-electron chi connectivity index (χ2n) is 12.7. The summed E-state index contributed by atoms with van der Waals surface area (Å²) < 4.78 is 0. The standard InChI is InChI=1S/C30H43ClN4O2/c31-25-5-3-6-26(18-25)34-13-11-33(12-14-34)9-2-1-8-32-28(36)27-7-4-10-35(27)29(37)30-19-22-15-23(20-30)17-24(16-22)21-30/h3,5-6,18,22-24,27H,1-2,4,7-17,19-21H2,(H,32,36)/t22?,23?,24?,27-,30?/m0/s1. The number of carbonyl (C=O) groups is 2. The molecule has 1 atom stereocenters. The summed E-state index contributed by atoms with van der Waals surface area (Å²) in [6.45, 7) is 6.69. The Labute approximate surface area is 227 Å². The number of piperazine rings is 1. The molecule has 202 valence electrons. The number of anilines is 1. The summed E-state index contributed by atoms with van der Waals surface area (Å²) in [7, 11) is 0. The lowest BCUT2D eigenvalue weighted by atomic mass is 9.49. The van der Waals surface area contributed by atoms with Gasteiger partial charge in [0.05, 0.1) is 5.41 Å². The van der Waals surface area contributed by atoms with Crippen LogP contribution in [0.1, 0.15) is 64.2 Å². The van der Waals surface area contributed by atoms with E-state index in [0.717, 1.165) is 107 Å². The Morgan fingerprint density at radius 1 is 0.946 bits per heavy atom. The number of benzene rings is 1. The third-order valence-corrected chi connectivity index (χ3v) is 10.3. The smallest absolute Gasteiger partial charge is 0.242 e. The predicted molar refractivity (Wildman–Crippen MR) is 148 cm³/mol. The molecule has 6 nitrogen and oxygen atoms in total. The highest BCUT2D eigenvalue weighted by molar-refractivity contribution is 6.30. The lowest BCUT2D eigenvalue weighted by Gasteiger charge is -2.56. The van der Waals surface area contributed by atoms with Gasteiger partial charge in [0.25, 0.3) is 0 Å². The molecular formula is C30H43ClN4O2. The molecule has 6 aliphatic rings. The van der Waals surface area contributed by atoms with Gasteiger partial charge in [-0.2, -0.15) is 0 Å². The Balaban J connectivity index is 0.919. The predicted octanol–water partition coefficient (Wildman–Crippen LogP) is 4.57. The molecule has 7 heteroatoms. The van der Waals surface area contributed by atoms with E-state index in [2.05, 4.69) is 21.2 Å². The van der Waals surface area contributed by atoms with E-state index in [1.165, 1.54) is 24.9 Å². The van der Waals surface area contributed by atoms with Gasteiger partial charge in [-0.1, -0.05) is 17.7 Å². The van der Waals surface area contributed by atoms with Crippen LogP contribution < -0.4 is 10.2 Å². The fraction of sp³-hybridized carbons (Fsp3) is 0.733. The number of hydrogen-bond donors (Lipinski definition) is 1. The Morgan fingerprint density at radius 3 is 2.32 bits per heavy atom. The molecule has 6 fully saturated rings. The number of rotatable bonds is 8. The molecule has 4 aliphatic carbocycles. The Morgan fingerprint density at radius 2 is 1.65 bits per heavy atom. The Bertz CT molecular complexity index is 956. The summed E-state index contributed by atoms with van der Waals surface area (Å²) in [5, 5.41) is 3.97. The Hall–Kier alpha value is -1.79. The number of nitrogens with one attached hydrogen (secondary N) is 1. The zero-order valence-electron chi connectivity index (χ0n) is 22.2. The SMILES string of the molecule is O=C(NCCCCN1CCN(c2cccc(Cl)c2)CC1)[C@@H]1CCCN1C(=O)C12CC3CC(CC(C3)C1)C2. The molecule has 0 spiro atoms. The molecule has 1 aromatic carbocycles. The van der Waals surface area contributed by atoms with Crippen LogP contribution in [0.5, 0.6) is 0 Å². The first-order chi connectivity index (χ1) is 18.0. The maximum absolute atomic E-state index is 13.8. The second kappa shape index (κ2) is 10.8. The third-order valence-electron chi connectivity index (χ3n) is 10.1. The van der Waals surface area contributed by atoms with Crippen molar-refractivity contribution in [2.45, 2.75) is 70.3 Å². The van der Waals surface area contributed by atoms with Crippen molar-refractivity contribution in [2.75, 3.05) is 50.7 Å². The lowest BCUT2D eigenvalue weighted by molar-refractivity contribution is -0.160. The first kappa shape index (κ1) is 25.5. The van der Waals surface area contributed by atoms with Gasteiger partial charge in [0.1, 0.15) is 6.04 Å². The van der Waals surface area contributed by atoms with E-state index >= 15 is 0 Å². The fourth-order valence-electron chi connectivity index (χ4n) is 8.65. The average Bonchev–Trinajstić information content (AvgIpc) is 3.37. The maximum Gasteiger partial charge on any atom is 0.242 e. The molecule has 2 saturated heterocycles. The maximum atomic E-state index is 13.8. The largest absolute Gasteiger partial charge is 0.369 e. The summed E-state index contributed by atoms with van der Waals surface area (Å²) >= 11 is 6.15. The van der Waals surface area contributed by atoms with Crippen LogP contribution in [0.25, 0.3) is 0 Å². The number of likely N-dealkylation sites (tertiary alicyclic amines) is 1. The zero-order chi connectivity index (χ0) is 25.4. The number of nitrogens with zero attached hydrogens (tertiary/aromatic N) is 3. The molecule has 2 heterocycles. The van der Waals surface area contributed by atoms with Gasteiger partial charge >= 0.3 is 0 Å². The van der Waals surface area contributed by atoms with Gasteiger partial charge in [-0.25, -0.2) is 0 Å². The van der Waals surface area contributed by atoms with E-state index in [0.29, 0.717) is 12.5 Å². The first-order valence-corrected chi connectivity index (χ1v) is 15.2. The number of halogens is 1. The number of unbranched alkanes of at least 4 members (excludes halogenated alkanes) is 1. The molecule has 2 aliphatic heterocycles. The summed E-state index contributed by atoms with van der Waals surface area (Å²) in [6.07, 6.45) is 11.1. The molecule has 4 bridgehead atoms. The van der Waals surface area contributed by atoms with Gasteiger partial charge in [-0.3, -0.25) is 14.5 Å². The quantitative estimate of drug-likeness (QED) is 0.504. The Kier molecular flexibility index (Phi) is 7.41. The van der Waals surface area contributed by atoms with Crippen molar-refractivity contribution >= 4 is 29.1 Å². The van der Waals surface area contributed by atoms with Crippen molar-refractivity contribution < 1.29 is 9.59 Å². The van der Waals surface area contributed by atoms with Crippen LogP contribution in [0.2, 0.25) is 5.02 Å². The van der Waals surface area contributed by atoms with Crippen LogP contribution in [-0.4, -0.2) is 73.5 Å². The van der Waals surface area contributed by atoms with Gasteiger partial charge < -0.3 is 15.1 Å². The van der Waals surface area contributed by atoms with Crippen LogP contribution in [0.4, 0.5) is 5.69 Å². The minimum atomic E-state index is -0.250. The lowest BCUT2D eigenvalue weighted by Crippen LogP contribution is -2.57. The molecule has 37 heavy (non-hydrogen) atoms. The normalized spacial score (nSPS) is 33.2. The summed E-state index contributed by atoms with van der Waals surface area (Å²) in [6, 6.07) is 7.86. The van der Waals surface area contributed by atoms with Crippen molar-refractivity contribution in [3.05, 3.63) is 29.3 Å². The van der Waals surface area contributed by atoms with E-state index in [1.807, 2.05) is 23.1 Å². The highest BCUT2D eigenvalue weighted by atomic mass is 35.5. The highest BCUT2D eigenvalue weighted by Crippen LogP contribution is 2.60. The zero-order valence-corrected chi connectivity index (χ0v) is 22.9. The minimum absolute atomic E-state index is 0.0747. The monoisotopic (exact) mass is 526 g/mol. The summed E-state index contributed by atoms with van der Waals surface area (Å²) in [5.74, 6) is 2.66. The van der Waals surface area contributed by atoms with Crippen molar-refractivity contribution in [1.82, 2.24) is 15.1 Å². The van der Waals surface area contributed by atoms with Crippen molar-refractivity contribution in [2.24, 2.45) is 23.2 Å². The number of carbonyl (C=O) groups excluding carboxylic acids is 2. The van der Waals surface area contributed by atoms with E-state index < -0.39 is 0 Å². The topological polar surface area (TPSA) is 55.9 Å². The molecule has 0 unspecified atom stereocenters. The molecule has 1 N–H and O–H groups in total. The van der Waals surface area contributed by atoms with Crippen molar-refractivity contribution in [3.8, 4) is 0 Å². The average molecular weight is 527 g/mol. The molecule has 0 radical (unpaired) electrons. The number of amides is 2. The second-order valence-corrected chi connectivity index (χ2v) is 13.1. The molecule has 4 saturated carbocycles. The summed E-state index contributed by atoms with van der Waals surface area (Å²) in [5.41, 5.74) is 1.06. The van der Waals surface area contributed by atoms with Crippen LogP contribution >= 0.6 is 11.6 Å². The van der Waals surface area contributed by atoms with Crippen molar-refractivity contribution in [1.29, 1.82) is 0 Å². The van der Waals surface area contributed by atoms with Gasteiger partial charge in [-0.15, -0.1) is 0 Å². The van der Waals surface area contributed by atoms with Gasteiger partial charge in [0, 0.05) is 50.0 Å². The molecular weight excluding hydrogens is 484 g/mol. The van der Waals surface area contributed by atoms with Crippen LogP contribution in [0.15, 0.2) is 24.3 Å². The van der Waals surface area contributed by atoms with E-state index in [9.17, 15) is 9.59 Å². The molecule has 7 rings (SSSR count). The minimum Gasteiger partial charge on any atom is -0.369 e. The molecule has 2 amide bonds. The van der Waals surface area contributed by atoms with Crippen LogP contribution in [0.3, 0.4) is 0 Å². The highest BCUT2D eigenvalue weighted by Gasteiger charge is 2.56. The van der Waals surface area contributed by atoms with Gasteiger partial charge in [-0.05, 0) is 107 Å². The fourth-order valence-corrected chi connectivity index (χ4v) is 8.84. The molecule has 1 aromatic rings. The van der Waals surface area contributed by atoms with Gasteiger partial charge in [0.2, 0.25) is 11.8 Å². The molecule has 0 aromatic heterocycles. The van der Waals surface area contributed by atoms with Crippen LogP contribution in [0, 0.1) is 23.2 Å². The summed E-state index contributed by atoms with van der Waals surface area (Å²) in [4.78, 5) is 33.9. The number of hydrogen-bond acceptors (Lipinski definition) is 4. The van der Waals surface area contributed by atoms with E-state index in [1.54, 1.807) is 0 Å². The van der Waals surface area contributed by atoms with E-state index in [-0.39, 0.29) is 17.4 Å². The van der Waals surface area contributed by atoms with E-state index in [4.69, 9.17) is 11.6 Å². The first-order valence-electron chi connectivity index (χ1n) is 14.8. The third kappa shape index (κ3) is 5.38. The van der Waals surface area contributed by atoms with Crippen LogP contribution in [-0.2, 0) is 9.59 Å².